The highest BCUT2D eigenvalue weighted by Gasteiger charge is 2.11. The molecule has 1 aromatic rings. The van der Waals surface area contributed by atoms with Crippen molar-refractivity contribution >= 4 is 34.2 Å². The lowest BCUT2D eigenvalue weighted by molar-refractivity contribution is -0.619. The van der Waals surface area contributed by atoms with E-state index in [1.807, 2.05) is 0 Å². The maximum Gasteiger partial charge on any atom is 0.204 e. The third-order valence-electron chi connectivity index (χ3n) is 1.49. The van der Waals surface area contributed by atoms with Crippen molar-refractivity contribution in [2.75, 3.05) is 0 Å². The van der Waals surface area contributed by atoms with Gasteiger partial charge in [0.05, 0.1) is 8.59 Å². The SMILES string of the molecule is Cc1cc(Cl)c(I)c(C)[n+]1[O-]. The van der Waals surface area contributed by atoms with Crippen molar-refractivity contribution in [3.05, 3.63) is 31.3 Å². The van der Waals surface area contributed by atoms with Crippen LogP contribution in [-0.4, -0.2) is 0 Å². The summed E-state index contributed by atoms with van der Waals surface area (Å²) >= 11 is 7.89. The zero-order chi connectivity index (χ0) is 8.59. The third-order valence-corrected chi connectivity index (χ3v) is 3.47. The van der Waals surface area contributed by atoms with Gasteiger partial charge in [0.2, 0.25) is 5.69 Å². The molecular formula is C7H7ClINO. The molecule has 0 spiro atoms. The molecule has 0 bridgehead atoms. The number of hydrogen-bond donors (Lipinski definition) is 0. The van der Waals surface area contributed by atoms with Crippen LogP contribution in [0.25, 0.3) is 0 Å². The van der Waals surface area contributed by atoms with Crippen molar-refractivity contribution < 1.29 is 4.73 Å². The van der Waals surface area contributed by atoms with Gasteiger partial charge in [0.15, 0.2) is 5.69 Å². The minimum atomic E-state index is 0.632. The number of aryl methyl sites for hydroxylation is 1. The summed E-state index contributed by atoms with van der Waals surface area (Å²) in [7, 11) is 0. The lowest BCUT2D eigenvalue weighted by Crippen LogP contribution is -2.34. The molecule has 0 amide bonds. The van der Waals surface area contributed by atoms with E-state index in [1.54, 1.807) is 19.9 Å². The Morgan fingerprint density at radius 2 is 2.09 bits per heavy atom. The van der Waals surface area contributed by atoms with Gasteiger partial charge in [0, 0.05) is 19.9 Å². The highest BCUT2D eigenvalue weighted by molar-refractivity contribution is 14.1. The fourth-order valence-corrected chi connectivity index (χ4v) is 1.50. The monoisotopic (exact) mass is 283 g/mol. The third kappa shape index (κ3) is 1.59. The summed E-state index contributed by atoms with van der Waals surface area (Å²) in [4.78, 5) is 0. The fourth-order valence-electron chi connectivity index (χ4n) is 0.832. The van der Waals surface area contributed by atoms with Crippen LogP contribution >= 0.6 is 34.2 Å². The molecule has 0 unspecified atom stereocenters. The van der Waals surface area contributed by atoms with Crippen molar-refractivity contribution in [1.29, 1.82) is 0 Å². The molecule has 1 rings (SSSR count). The smallest absolute Gasteiger partial charge is 0.204 e. The van der Waals surface area contributed by atoms with Crippen LogP contribution in [0.4, 0.5) is 0 Å². The van der Waals surface area contributed by atoms with E-state index in [1.165, 1.54) is 0 Å². The van der Waals surface area contributed by atoms with Crippen molar-refractivity contribution in [2.45, 2.75) is 13.8 Å². The highest BCUT2D eigenvalue weighted by Crippen LogP contribution is 2.19. The van der Waals surface area contributed by atoms with Gasteiger partial charge in [-0.3, -0.25) is 0 Å². The predicted octanol–water partition coefficient (Wildman–Crippen LogP) is 2.19. The van der Waals surface area contributed by atoms with Gasteiger partial charge in [0.1, 0.15) is 0 Å². The summed E-state index contributed by atoms with van der Waals surface area (Å²) in [6, 6.07) is 1.67. The van der Waals surface area contributed by atoms with E-state index in [-0.39, 0.29) is 0 Å². The number of pyridine rings is 1. The molecule has 4 heteroatoms. The summed E-state index contributed by atoms with van der Waals surface area (Å²) in [5.41, 5.74) is 1.29. The molecule has 0 aliphatic heterocycles. The molecule has 0 aliphatic carbocycles. The van der Waals surface area contributed by atoms with Crippen LogP contribution in [0.5, 0.6) is 0 Å². The topological polar surface area (TPSA) is 26.9 Å². The normalized spacial score (nSPS) is 10.2. The van der Waals surface area contributed by atoms with Crippen LogP contribution in [-0.2, 0) is 0 Å². The number of hydrogen-bond acceptors (Lipinski definition) is 1. The van der Waals surface area contributed by atoms with Crippen LogP contribution < -0.4 is 4.73 Å². The van der Waals surface area contributed by atoms with Crippen LogP contribution in [0.2, 0.25) is 5.02 Å². The average Bonchev–Trinajstić information content (AvgIpc) is 1.97. The van der Waals surface area contributed by atoms with Gasteiger partial charge in [-0.25, -0.2) is 0 Å². The van der Waals surface area contributed by atoms with E-state index in [0.717, 1.165) is 8.30 Å². The molecule has 1 aromatic heterocycles. The van der Waals surface area contributed by atoms with E-state index >= 15 is 0 Å². The van der Waals surface area contributed by atoms with E-state index in [4.69, 9.17) is 11.6 Å². The molecule has 0 aromatic carbocycles. The van der Waals surface area contributed by atoms with Crippen molar-refractivity contribution in [3.8, 4) is 0 Å². The molecule has 0 atom stereocenters. The average molecular weight is 283 g/mol. The summed E-state index contributed by atoms with van der Waals surface area (Å²) in [6.07, 6.45) is 0. The number of nitrogens with zero attached hydrogens (tertiary/aromatic N) is 1. The Bertz CT molecular complexity index is 275. The second kappa shape index (κ2) is 3.15. The summed E-state index contributed by atoms with van der Waals surface area (Å²) in [5.74, 6) is 0. The maximum atomic E-state index is 11.2. The molecule has 0 fully saturated rings. The largest absolute Gasteiger partial charge is 0.618 e. The highest BCUT2D eigenvalue weighted by atomic mass is 127. The quantitative estimate of drug-likeness (QED) is 0.407. The Morgan fingerprint density at radius 3 is 2.64 bits per heavy atom. The van der Waals surface area contributed by atoms with Crippen molar-refractivity contribution in [1.82, 2.24) is 0 Å². The Kier molecular flexibility index (Phi) is 2.59. The predicted molar refractivity (Wildman–Crippen MR) is 52.6 cm³/mol. The van der Waals surface area contributed by atoms with Gasteiger partial charge in [0.25, 0.3) is 0 Å². The van der Waals surface area contributed by atoms with Crippen LogP contribution in [0.1, 0.15) is 11.4 Å². The van der Waals surface area contributed by atoms with Crippen molar-refractivity contribution in [3.63, 3.8) is 0 Å². The molecular weight excluding hydrogens is 276 g/mol. The molecule has 0 N–H and O–H groups in total. The van der Waals surface area contributed by atoms with Crippen LogP contribution in [0.3, 0.4) is 0 Å². The van der Waals surface area contributed by atoms with Crippen LogP contribution in [0.15, 0.2) is 6.07 Å². The Balaban J connectivity index is 3.46. The van der Waals surface area contributed by atoms with Gasteiger partial charge in [-0.2, -0.15) is 4.73 Å². The zero-order valence-electron chi connectivity index (χ0n) is 6.19. The summed E-state index contributed by atoms with van der Waals surface area (Å²) < 4.78 is 1.71. The number of rotatable bonds is 0. The molecule has 11 heavy (non-hydrogen) atoms. The molecule has 0 aliphatic rings. The Morgan fingerprint density at radius 1 is 1.55 bits per heavy atom. The second-order valence-corrected chi connectivity index (χ2v) is 3.81. The lowest BCUT2D eigenvalue weighted by Gasteiger charge is -2.06. The summed E-state index contributed by atoms with van der Waals surface area (Å²) in [6.45, 7) is 3.50. The van der Waals surface area contributed by atoms with Gasteiger partial charge in [-0.1, -0.05) is 11.6 Å². The number of halogens is 2. The van der Waals surface area contributed by atoms with Crippen LogP contribution in [0, 0.1) is 22.6 Å². The standard InChI is InChI=1S/C7H7ClINO/c1-4-3-6(8)7(9)5(2)10(4)11/h3H,1-2H3. The lowest BCUT2D eigenvalue weighted by atomic mass is 10.3. The molecule has 2 nitrogen and oxygen atoms in total. The minimum Gasteiger partial charge on any atom is -0.618 e. The van der Waals surface area contributed by atoms with Gasteiger partial charge in [-0.05, 0) is 22.6 Å². The molecule has 0 radical (unpaired) electrons. The van der Waals surface area contributed by atoms with Gasteiger partial charge < -0.3 is 5.21 Å². The number of aromatic nitrogens is 1. The van der Waals surface area contributed by atoms with E-state index in [0.29, 0.717) is 16.4 Å². The first-order valence-electron chi connectivity index (χ1n) is 3.09. The Labute approximate surface area is 83.9 Å². The molecule has 1 heterocycles. The van der Waals surface area contributed by atoms with Crippen molar-refractivity contribution in [2.24, 2.45) is 0 Å². The fraction of sp³-hybridized carbons (Fsp3) is 0.286. The minimum absolute atomic E-state index is 0.632. The molecule has 60 valence electrons. The van der Waals surface area contributed by atoms with E-state index in [2.05, 4.69) is 22.6 Å². The first kappa shape index (κ1) is 9.06. The summed E-state index contributed by atoms with van der Waals surface area (Å²) in [5, 5.41) is 11.8. The van der Waals surface area contributed by atoms with Gasteiger partial charge in [-0.15, -0.1) is 0 Å². The van der Waals surface area contributed by atoms with Gasteiger partial charge >= 0.3 is 0 Å². The second-order valence-electron chi connectivity index (χ2n) is 2.33. The first-order valence-corrected chi connectivity index (χ1v) is 4.54. The van der Waals surface area contributed by atoms with E-state index in [9.17, 15) is 5.21 Å². The molecule has 0 saturated heterocycles. The molecule has 0 saturated carbocycles. The van der Waals surface area contributed by atoms with E-state index < -0.39 is 0 Å². The first-order chi connectivity index (χ1) is 5.04. The maximum absolute atomic E-state index is 11.2. The zero-order valence-corrected chi connectivity index (χ0v) is 9.10. The Hall–Kier alpha value is -0.0300.